The number of ether oxygens (including phenoxy) is 1. The Morgan fingerprint density at radius 1 is 1.11 bits per heavy atom. The van der Waals surface area contributed by atoms with Crippen molar-refractivity contribution in [2.75, 3.05) is 26.2 Å². The Bertz CT molecular complexity index is 1340. The molecule has 2 aromatic rings. The summed E-state index contributed by atoms with van der Waals surface area (Å²) in [5, 5.41) is -0.595. The second-order valence-electron chi connectivity index (χ2n) is 8.32. The summed E-state index contributed by atoms with van der Waals surface area (Å²) >= 11 is 7.10. The first kappa shape index (κ1) is 27.0. The average Bonchev–Trinajstić information content (AvgIpc) is 3.14. The van der Waals surface area contributed by atoms with E-state index in [0.29, 0.717) is 18.7 Å². The number of carbonyl (C=O) groups is 3. The van der Waals surface area contributed by atoms with Crippen LogP contribution in [0.25, 0.3) is 6.08 Å². The number of likely N-dealkylation sites (tertiary alicyclic amines) is 1. The van der Waals surface area contributed by atoms with Gasteiger partial charge in [0.15, 0.2) is 5.75 Å². The highest BCUT2D eigenvalue weighted by Gasteiger charge is 2.37. The van der Waals surface area contributed by atoms with Crippen molar-refractivity contribution in [3.63, 3.8) is 0 Å². The van der Waals surface area contributed by atoms with E-state index < -0.39 is 21.3 Å². The second kappa shape index (κ2) is 11.6. The van der Waals surface area contributed by atoms with Crippen LogP contribution in [-0.4, -0.2) is 61.5 Å². The Kier molecular flexibility index (Phi) is 8.46. The molecule has 3 amide bonds. The van der Waals surface area contributed by atoms with Crippen LogP contribution in [0.2, 0.25) is 5.02 Å². The quantitative estimate of drug-likeness (QED) is 0.339. The van der Waals surface area contributed by atoms with E-state index in [0.717, 1.165) is 35.9 Å². The lowest BCUT2D eigenvalue weighted by atomic mass is 10.1. The maximum Gasteiger partial charge on any atom is 0.339 e. The maximum absolute atomic E-state index is 12.9. The van der Waals surface area contributed by atoms with E-state index in [1.165, 1.54) is 30.3 Å². The van der Waals surface area contributed by atoms with Gasteiger partial charge in [0.25, 0.3) is 11.1 Å². The molecule has 2 aliphatic rings. The van der Waals surface area contributed by atoms with Crippen molar-refractivity contribution in [1.82, 2.24) is 9.80 Å². The number of rotatable bonds is 8. The van der Waals surface area contributed by atoms with Gasteiger partial charge in [0.05, 0.1) is 16.5 Å². The van der Waals surface area contributed by atoms with Crippen LogP contribution >= 0.6 is 23.4 Å². The van der Waals surface area contributed by atoms with Gasteiger partial charge in [-0.3, -0.25) is 19.3 Å². The molecule has 0 N–H and O–H groups in total. The Morgan fingerprint density at radius 2 is 1.81 bits per heavy atom. The number of carbonyl (C=O) groups excluding carboxylic acids is 3. The third-order valence-electron chi connectivity index (χ3n) is 5.73. The Hall–Kier alpha value is -3.02. The predicted octanol–water partition coefficient (Wildman–Crippen LogP) is 4.56. The van der Waals surface area contributed by atoms with Gasteiger partial charge in [0.2, 0.25) is 11.7 Å². The molecule has 2 aromatic carbocycles. The van der Waals surface area contributed by atoms with Crippen LogP contribution in [0.5, 0.6) is 11.5 Å². The third-order valence-corrected chi connectivity index (χ3v) is 8.15. The largest absolute Gasteiger partial charge is 0.490 e. The first-order valence-electron chi connectivity index (χ1n) is 11.7. The highest BCUT2D eigenvalue weighted by molar-refractivity contribution is 8.18. The first-order valence-corrected chi connectivity index (χ1v) is 14.3. The molecule has 196 valence electrons. The van der Waals surface area contributed by atoms with Gasteiger partial charge in [0, 0.05) is 13.1 Å². The zero-order chi connectivity index (χ0) is 26.6. The van der Waals surface area contributed by atoms with E-state index >= 15 is 0 Å². The van der Waals surface area contributed by atoms with Crippen molar-refractivity contribution in [2.45, 2.75) is 31.1 Å². The molecule has 2 heterocycles. The number of piperidine rings is 1. The highest BCUT2D eigenvalue weighted by Crippen LogP contribution is 2.40. The predicted molar refractivity (Wildman–Crippen MR) is 140 cm³/mol. The minimum atomic E-state index is -4.18. The number of amides is 3. The molecule has 2 fully saturated rings. The van der Waals surface area contributed by atoms with E-state index in [-0.39, 0.29) is 45.4 Å². The third kappa shape index (κ3) is 6.28. The summed E-state index contributed by atoms with van der Waals surface area (Å²) in [6, 6.07) is 10.5. The molecule has 0 unspecified atom stereocenters. The SMILES string of the molecule is CCOc1cc(/C=C2\SC(=O)N(CC(=O)N3CCCCC3)C2=O)cc(Cl)c1OS(=O)(=O)c1ccccc1. The van der Waals surface area contributed by atoms with Crippen molar-refractivity contribution in [3.8, 4) is 11.5 Å². The molecule has 0 aliphatic carbocycles. The van der Waals surface area contributed by atoms with Crippen molar-refractivity contribution >= 4 is 56.6 Å². The summed E-state index contributed by atoms with van der Waals surface area (Å²) in [5.74, 6) is -0.975. The highest BCUT2D eigenvalue weighted by atomic mass is 35.5. The molecule has 2 saturated heterocycles. The molecule has 0 bridgehead atoms. The van der Waals surface area contributed by atoms with Gasteiger partial charge < -0.3 is 13.8 Å². The van der Waals surface area contributed by atoms with Crippen LogP contribution in [0.4, 0.5) is 4.79 Å². The van der Waals surface area contributed by atoms with Crippen LogP contribution in [0.3, 0.4) is 0 Å². The molecular weight excluding hydrogens is 540 g/mol. The lowest BCUT2D eigenvalue weighted by molar-refractivity contribution is -0.136. The van der Waals surface area contributed by atoms with Crippen molar-refractivity contribution in [2.24, 2.45) is 0 Å². The Balaban J connectivity index is 1.56. The smallest absolute Gasteiger partial charge is 0.339 e. The number of imide groups is 1. The molecule has 4 rings (SSSR count). The van der Waals surface area contributed by atoms with E-state index in [2.05, 4.69) is 0 Å². The van der Waals surface area contributed by atoms with E-state index in [1.807, 2.05) is 0 Å². The molecule has 37 heavy (non-hydrogen) atoms. The van der Waals surface area contributed by atoms with E-state index in [1.54, 1.807) is 30.0 Å². The van der Waals surface area contributed by atoms with E-state index in [9.17, 15) is 22.8 Å². The molecule has 12 heteroatoms. The molecule has 2 aliphatic heterocycles. The number of benzene rings is 2. The summed E-state index contributed by atoms with van der Waals surface area (Å²) in [5.41, 5.74) is 0.394. The topological polar surface area (TPSA) is 110 Å². The zero-order valence-electron chi connectivity index (χ0n) is 20.0. The van der Waals surface area contributed by atoms with Gasteiger partial charge in [-0.1, -0.05) is 29.8 Å². The molecular formula is C25H25ClN2O7S2. The lowest BCUT2D eigenvalue weighted by Gasteiger charge is -2.27. The monoisotopic (exact) mass is 564 g/mol. The van der Waals surface area contributed by atoms with Gasteiger partial charge in [-0.2, -0.15) is 8.42 Å². The normalized spacial score (nSPS) is 17.4. The Morgan fingerprint density at radius 3 is 2.49 bits per heavy atom. The number of thioether (sulfide) groups is 1. The summed E-state index contributed by atoms with van der Waals surface area (Å²) in [4.78, 5) is 40.7. The molecule has 0 aromatic heterocycles. The van der Waals surface area contributed by atoms with Crippen LogP contribution in [0, 0.1) is 0 Å². The van der Waals surface area contributed by atoms with Crippen LogP contribution in [-0.2, 0) is 19.7 Å². The van der Waals surface area contributed by atoms with Crippen molar-refractivity contribution in [3.05, 3.63) is 58.0 Å². The standard InChI is InChI=1S/C25H25ClN2O7S2/c1-2-34-20-14-17(13-19(26)23(20)35-37(32,33)18-9-5-3-6-10-18)15-21-24(30)28(25(31)36-21)16-22(29)27-11-7-4-8-12-27/h3,5-6,9-10,13-15H,2,4,7-8,11-12,16H2,1H3/b21-15-. The fourth-order valence-electron chi connectivity index (χ4n) is 3.93. The molecule has 9 nitrogen and oxygen atoms in total. The summed E-state index contributed by atoms with van der Waals surface area (Å²) in [7, 11) is -4.18. The van der Waals surface area contributed by atoms with Gasteiger partial charge in [-0.25, -0.2) is 0 Å². The fourth-order valence-corrected chi connectivity index (χ4v) is 6.05. The molecule has 0 radical (unpaired) electrons. The molecule has 0 atom stereocenters. The second-order valence-corrected chi connectivity index (χ2v) is 11.3. The van der Waals surface area contributed by atoms with E-state index in [4.69, 9.17) is 20.5 Å². The summed E-state index contributed by atoms with van der Waals surface area (Å²) < 4.78 is 36.3. The number of hydrogen-bond acceptors (Lipinski definition) is 8. The minimum absolute atomic E-state index is 0.0506. The Labute approximate surface area is 224 Å². The van der Waals surface area contributed by atoms with Gasteiger partial charge >= 0.3 is 10.1 Å². The van der Waals surface area contributed by atoms with Crippen molar-refractivity contribution in [1.29, 1.82) is 0 Å². The van der Waals surface area contributed by atoms with Gasteiger partial charge in [-0.05, 0) is 73.9 Å². The first-order chi connectivity index (χ1) is 17.7. The van der Waals surface area contributed by atoms with Crippen LogP contribution in [0.15, 0.2) is 52.3 Å². The van der Waals surface area contributed by atoms with Crippen LogP contribution < -0.4 is 8.92 Å². The molecule has 0 spiro atoms. The molecule has 0 saturated carbocycles. The maximum atomic E-state index is 12.9. The number of halogens is 1. The van der Waals surface area contributed by atoms with Gasteiger partial charge in [-0.15, -0.1) is 0 Å². The summed E-state index contributed by atoms with van der Waals surface area (Å²) in [6.07, 6.45) is 4.31. The average molecular weight is 565 g/mol. The number of nitrogens with zero attached hydrogens (tertiary/aromatic N) is 2. The summed E-state index contributed by atoms with van der Waals surface area (Å²) in [6.45, 7) is 2.84. The fraction of sp³-hybridized carbons (Fsp3) is 0.320. The van der Waals surface area contributed by atoms with Gasteiger partial charge in [0.1, 0.15) is 11.4 Å². The minimum Gasteiger partial charge on any atom is -0.490 e. The lowest BCUT2D eigenvalue weighted by Crippen LogP contribution is -2.44. The number of hydrogen-bond donors (Lipinski definition) is 0. The zero-order valence-corrected chi connectivity index (χ0v) is 22.4. The van der Waals surface area contributed by atoms with Crippen LogP contribution in [0.1, 0.15) is 31.7 Å². The van der Waals surface area contributed by atoms with Crippen molar-refractivity contribution < 1.29 is 31.7 Å².